The maximum absolute atomic E-state index is 15.2. The first kappa shape index (κ1) is 23.3. The van der Waals surface area contributed by atoms with Gasteiger partial charge in [0.05, 0.1) is 5.56 Å². The Balaban J connectivity index is 1.85. The monoisotopic (exact) mass is 457 g/mol. The number of benzene rings is 3. The van der Waals surface area contributed by atoms with Gasteiger partial charge in [0.1, 0.15) is 17.7 Å². The third-order valence-corrected chi connectivity index (χ3v) is 5.92. The average molecular weight is 458 g/mol. The highest BCUT2D eigenvalue weighted by atomic mass is 19.1. The van der Waals surface area contributed by atoms with Crippen LogP contribution in [0.5, 0.6) is 0 Å². The molecule has 0 unspecified atom stereocenters. The summed E-state index contributed by atoms with van der Waals surface area (Å²) < 4.78 is 29.7. The van der Waals surface area contributed by atoms with Crippen molar-refractivity contribution in [2.45, 2.75) is 26.3 Å². The molecule has 1 saturated heterocycles. The molecule has 1 fully saturated rings. The lowest BCUT2D eigenvalue weighted by molar-refractivity contribution is 0.0791. The number of nitrogens with zero attached hydrogens (tertiary/aromatic N) is 2. The Morgan fingerprint density at radius 2 is 1.79 bits per heavy atom. The molecular weight excluding hydrogens is 432 g/mol. The lowest BCUT2D eigenvalue weighted by Gasteiger charge is -2.18. The Morgan fingerprint density at radius 3 is 2.41 bits per heavy atom. The highest BCUT2D eigenvalue weighted by Gasteiger charge is 2.25. The fourth-order valence-electron chi connectivity index (χ4n) is 4.25. The van der Waals surface area contributed by atoms with Gasteiger partial charge in [-0.1, -0.05) is 35.9 Å². The Morgan fingerprint density at radius 1 is 1.03 bits per heavy atom. The van der Waals surface area contributed by atoms with Crippen molar-refractivity contribution in [1.82, 2.24) is 4.90 Å². The molecule has 34 heavy (non-hydrogen) atoms. The molecule has 4 rings (SSSR count). The van der Waals surface area contributed by atoms with Crippen molar-refractivity contribution in [3.63, 3.8) is 0 Å². The van der Waals surface area contributed by atoms with Gasteiger partial charge in [0.15, 0.2) is 0 Å². The number of carbonyl (C=O) groups excluding carboxylic acids is 1. The molecule has 6 heteroatoms. The van der Waals surface area contributed by atoms with Gasteiger partial charge in [0, 0.05) is 30.3 Å². The van der Waals surface area contributed by atoms with Gasteiger partial charge in [-0.2, -0.15) is 5.26 Å². The van der Waals surface area contributed by atoms with Crippen LogP contribution in [-0.2, 0) is 0 Å². The lowest BCUT2D eigenvalue weighted by atomic mass is 9.91. The number of hydrogen-bond acceptors (Lipinski definition) is 3. The molecule has 1 atom stereocenters. The minimum Gasteiger partial charge on any atom is -0.337 e. The summed E-state index contributed by atoms with van der Waals surface area (Å²) in [6.07, 6.45) is 2.62. The van der Waals surface area contributed by atoms with Crippen molar-refractivity contribution >= 4 is 12.0 Å². The summed E-state index contributed by atoms with van der Waals surface area (Å²) in [4.78, 5) is 14.8. The van der Waals surface area contributed by atoms with Crippen molar-refractivity contribution < 1.29 is 13.6 Å². The Labute approximate surface area is 197 Å². The number of likely N-dealkylation sites (tertiary alicyclic amines) is 1. The van der Waals surface area contributed by atoms with Crippen molar-refractivity contribution in [2.24, 2.45) is 5.73 Å². The first-order chi connectivity index (χ1) is 16.3. The van der Waals surface area contributed by atoms with E-state index >= 15 is 4.39 Å². The van der Waals surface area contributed by atoms with E-state index in [0.29, 0.717) is 40.9 Å². The van der Waals surface area contributed by atoms with Gasteiger partial charge in [-0.05, 0) is 72.9 Å². The summed E-state index contributed by atoms with van der Waals surface area (Å²) in [5.74, 6) is -1.27. The maximum Gasteiger partial charge on any atom is 0.253 e. The number of allylic oxidation sites excluding steroid dienone is 1. The predicted octanol–water partition coefficient (Wildman–Crippen LogP) is 5.77. The molecule has 4 nitrogen and oxygen atoms in total. The van der Waals surface area contributed by atoms with E-state index in [0.717, 1.165) is 17.6 Å². The highest BCUT2D eigenvalue weighted by Crippen LogP contribution is 2.36. The van der Waals surface area contributed by atoms with E-state index in [9.17, 15) is 9.18 Å². The number of amides is 1. The average Bonchev–Trinajstić information content (AvgIpc) is 3.24. The van der Waals surface area contributed by atoms with Crippen LogP contribution in [0, 0.1) is 23.0 Å². The van der Waals surface area contributed by atoms with Gasteiger partial charge in [0.25, 0.3) is 5.91 Å². The summed E-state index contributed by atoms with van der Waals surface area (Å²) in [5, 5.41) is 9.09. The molecule has 0 bridgehead atoms. The second kappa shape index (κ2) is 9.58. The number of halogens is 2. The zero-order valence-electron chi connectivity index (χ0n) is 19.1. The van der Waals surface area contributed by atoms with Crippen LogP contribution < -0.4 is 5.73 Å². The van der Waals surface area contributed by atoms with E-state index in [4.69, 9.17) is 11.0 Å². The number of nitrogens with two attached hydrogens (primary N) is 1. The molecule has 0 radical (unpaired) electrons. The molecule has 0 spiro atoms. The first-order valence-corrected chi connectivity index (χ1v) is 11.1. The molecule has 1 aliphatic rings. The van der Waals surface area contributed by atoms with Gasteiger partial charge in [-0.3, -0.25) is 4.79 Å². The molecule has 1 amide bonds. The standard InChI is InChI=1S/C28H25F2N3O/c1-17(2)11-18-3-7-24(27(30)12-18)23-8-6-20(28(34)33-10-9-22(32)16-33)13-25(23)19-4-5-21(15-31)26(29)14-19/h3-8,11-14,22H,9-10,16,32H2,1-2H3/t22-/m0/s1. The van der Waals surface area contributed by atoms with Crippen molar-refractivity contribution in [1.29, 1.82) is 5.26 Å². The van der Waals surface area contributed by atoms with Crippen LogP contribution in [0.1, 0.15) is 41.8 Å². The van der Waals surface area contributed by atoms with Crippen LogP contribution in [0.2, 0.25) is 0 Å². The van der Waals surface area contributed by atoms with Gasteiger partial charge in [0.2, 0.25) is 0 Å². The van der Waals surface area contributed by atoms with E-state index in [1.54, 1.807) is 35.2 Å². The fraction of sp³-hybridized carbons (Fsp3) is 0.214. The normalized spacial score (nSPS) is 15.2. The summed E-state index contributed by atoms with van der Waals surface area (Å²) >= 11 is 0. The fourth-order valence-corrected chi connectivity index (χ4v) is 4.25. The van der Waals surface area contributed by atoms with Crippen molar-refractivity contribution in [2.75, 3.05) is 13.1 Å². The second-order valence-electron chi connectivity index (χ2n) is 8.83. The van der Waals surface area contributed by atoms with E-state index in [-0.39, 0.29) is 17.5 Å². The van der Waals surface area contributed by atoms with E-state index in [2.05, 4.69) is 0 Å². The number of nitriles is 1. The molecule has 0 saturated carbocycles. The minimum absolute atomic E-state index is 0.0521. The van der Waals surface area contributed by atoms with Crippen LogP contribution >= 0.6 is 0 Å². The molecule has 3 aromatic carbocycles. The molecule has 2 N–H and O–H groups in total. The lowest BCUT2D eigenvalue weighted by Crippen LogP contribution is -2.31. The third-order valence-electron chi connectivity index (χ3n) is 5.92. The highest BCUT2D eigenvalue weighted by molar-refractivity contribution is 5.98. The summed E-state index contributed by atoms with van der Waals surface area (Å²) in [5.41, 5.74) is 9.90. The third kappa shape index (κ3) is 4.75. The summed E-state index contributed by atoms with van der Waals surface area (Å²) in [6.45, 7) is 4.92. The van der Waals surface area contributed by atoms with E-state index < -0.39 is 11.6 Å². The van der Waals surface area contributed by atoms with Crippen LogP contribution in [0.3, 0.4) is 0 Å². The quantitative estimate of drug-likeness (QED) is 0.541. The Hall–Kier alpha value is -3.82. The van der Waals surface area contributed by atoms with Crippen LogP contribution in [0.4, 0.5) is 8.78 Å². The minimum atomic E-state index is -0.674. The smallest absolute Gasteiger partial charge is 0.253 e. The maximum atomic E-state index is 15.2. The number of hydrogen-bond donors (Lipinski definition) is 1. The van der Waals surface area contributed by atoms with E-state index in [1.807, 2.05) is 32.1 Å². The molecule has 0 aromatic heterocycles. The van der Waals surface area contributed by atoms with Crippen molar-refractivity contribution in [3.8, 4) is 28.3 Å². The zero-order valence-corrected chi connectivity index (χ0v) is 19.1. The van der Waals surface area contributed by atoms with Gasteiger partial charge in [-0.25, -0.2) is 8.78 Å². The molecule has 0 aliphatic carbocycles. The topological polar surface area (TPSA) is 70.1 Å². The van der Waals surface area contributed by atoms with Crippen LogP contribution in [0.15, 0.2) is 60.2 Å². The largest absolute Gasteiger partial charge is 0.337 e. The molecule has 1 aliphatic heterocycles. The summed E-state index contributed by atoms with van der Waals surface area (Å²) in [6, 6.07) is 16.0. The Bertz CT molecular complexity index is 1340. The first-order valence-electron chi connectivity index (χ1n) is 11.1. The predicted molar refractivity (Wildman–Crippen MR) is 130 cm³/mol. The Kier molecular flexibility index (Phi) is 6.58. The SMILES string of the molecule is CC(C)=Cc1ccc(-c2ccc(C(=O)N3CC[C@H](N)C3)cc2-c2ccc(C#N)c(F)c2)c(F)c1. The number of carbonyl (C=O) groups is 1. The molecule has 1 heterocycles. The van der Waals surface area contributed by atoms with E-state index in [1.165, 1.54) is 18.2 Å². The second-order valence-corrected chi connectivity index (χ2v) is 8.83. The zero-order chi connectivity index (χ0) is 24.4. The van der Waals surface area contributed by atoms with Crippen molar-refractivity contribution in [3.05, 3.63) is 88.5 Å². The molecule has 172 valence electrons. The summed E-state index contributed by atoms with van der Waals surface area (Å²) in [7, 11) is 0. The molecule has 3 aromatic rings. The van der Waals surface area contributed by atoms with Gasteiger partial charge < -0.3 is 10.6 Å². The van der Waals surface area contributed by atoms with Gasteiger partial charge in [-0.15, -0.1) is 0 Å². The van der Waals surface area contributed by atoms with Crippen LogP contribution in [-0.4, -0.2) is 29.9 Å². The molecular formula is C28H25F2N3O. The number of rotatable bonds is 4. The van der Waals surface area contributed by atoms with Gasteiger partial charge >= 0.3 is 0 Å². The van der Waals surface area contributed by atoms with Crippen LogP contribution in [0.25, 0.3) is 28.3 Å².